The van der Waals surface area contributed by atoms with Gasteiger partial charge in [0.15, 0.2) is 5.82 Å². The number of hydrogen-bond acceptors (Lipinski definition) is 2. The monoisotopic (exact) mass is 498 g/mol. The van der Waals surface area contributed by atoms with E-state index < -0.39 is 0 Å². The highest BCUT2D eigenvalue weighted by Gasteiger charge is 2.36. The second-order valence-corrected chi connectivity index (χ2v) is 11.0. The second kappa shape index (κ2) is 8.09. The number of rotatable bonds is 2. The molecule has 2 nitrogen and oxygen atoms in total. The fourth-order valence-corrected chi connectivity index (χ4v) is 6.57. The van der Waals surface area contributed by atoms with Gasteiger partial charge in [0.2, 0.25) is 0 Å². The number of aromatic nitrogens is 2. The zero-order chi connectivity index (χ0) is 26.1. The van der Waals surface area contributed by atoms with Crippen LogP contribution in [0.5, 0.6) is 0 Å². The molecule has 0 saturated heterocycles. The number of nitrogens with zero attached hydrogens (tertiary/aromatic N) is 2. The summed E-state index contributed by atoms with van der Waals surface area (Å²) >= 11 is 0. The molecule has 7 aromatic rings. The zero-order valence-corrected chi connectivity index (χ0v) is 21.9. The zero-order valence-electron chi connectivity index (χ0n) is 21.9. The third kappa shape index (κ3) is 3.21. The molecule has 184 valence electrons. The fourth-order valence-electron chi connectivity index (χ4n) is 6.57. The normalized spacial score (nSPS) is 13.6. The Hall–Kier alpha value is -4.82. The molecule has 0 unspecified atom stereocenters. The van der Waals surface area contributed by atoms with Crippen LogP contribution >= 0.6 is 0 Å². The molecule has 0 saturated carbocycles. The van der Waals surface area contributed by atoms with Crippen LogP contribution in [0.15, 0.2) is 121 Å². The average Bonchev–Trinajstić information content (AvgIpc) is 3.23. The highest BCUT2D eigenvalue weighted by Crippen LogP contribution is 2.51. The third-order valence-electron chi connectivity index (χ3n) is 8.43. The molecule has 1 aromatic heterocycles. The Morgan fingerprint density at radius 3 is 2.15 bits per heavy atom. The number of fused-ring (bicyclic) bond motifs is 8. The standard InChI is InChI=1S/C37H26N2/c1-37(2)32-15-9-8-14-29(32)30-20-17-25-22-26(18-19-27(25)33(30)37)36-38-34(24-11-4-3-5-12-24)31-21-16-23-10-6-7-13-28(23)35(31)39-36/h3-22H,1-2H3. The minimum absolute atomic E-state index is 0.0498. The molecule has 8 rings (SSSR count). The molecule has 1 aliphatic carbocycles. The van der Waals surface area contributed by atoms with Crippen molar-refractivity contribution in [2.24, 2.45) is 0 Å². The van der Waals surface area contributed by atoms with Gasteiger partial charge >= 0.3 is 0 Å². The number of benzene rings is 6. The van der Waals surface area contributed by atoms with Crippen molar-refractivity contribution in [2.75, 3.05) is 0 Å². The minimum Gasteiger partial charge on any atom is -0.227 e. The summed E-state index contributed by atoms with van der Waals surface area (Å²) in [5, 5.41) is 5.92. The van der Waals surface area contributed by atoms with E-state index in [9.17, 15) is 0 Å². The molecule has 6 aromatic carbocycles. The Morgan fingerprint density at radius 1 is 0.513 bits per heavy atom. The van der Waals surface area contributed by atoms with Crippen molar-refractivity contribution < 1.29 is 0 Å². The topological polar surface area (TPSA) is 25.8 Å². The van der Waals surface area contributed by atoms with Gasteiger partial charge in [-0.25, -0.2) is 9.97 Å². The van der Waals surface area contributed by atoms with Gasteiger partial charge < -0.3 is 0 Å². The van der Waals surface area contributed by atoms with Crippen LogP contribution in [-0.2, 0) is 5.41 Å². The van der Waals surface area contributed by atoms with Crippen molar-refractivity contribution in [2.45, 2.75) is 19.3 Å². The molecule has 0 amide bonds. The van der Waals surface area contributed by atoms with Crippen LogP contribution in [0, 0.1) is 0 Å². The first-order chi connectivity index (χ1) is 19.1. The molecule has 0 N–H and O–H groups in total. The first-order valence-electron chi connectivity index (χ1n) is 13.5. The summed E-state index contributed by atoms with van der Waals surface area (Å²) < 4.78 is 0. The molecule has 2 heteroatoms. The van der Waals surface area contributed by atoms with Crippen LogP contribution < -0.4 is 0 Å². The fraction of sp³-hybridized carbons (Fsp3) is 0.0811. The van der Waals surface area contributed by atoms with Crippen molar-refractivity contribution in [3.05, 3.63) is 132 Å². The molecule has 39 heavy (non-hydrogen) atoms. The first kappa shape index (κ1) is 22.2. The van der Waals surface area contributed by atoms with Crippen LogP contribution in [0.25, 0.3) is 66.2 Å². The third-order valence-corrected chi connectivity index (χ3v) is 8.43. The molecule has 0 spiro atoms. The van der Waals surface area contributed by atoms with E-state index in [1.807, 2.05) is 6.07 Å². The van der Waals surface area contributed by atoms with E-state index in [1.165, 1.54) is 38.4 Å². The lowest BCUT2D eigenvalue weighted by atomic mass is 9.80. The van der Waals surface area contributed by atoms with Crippen LogP contribution in [0.2, 0.25) is 0 Å². The molecule has 0 bridgehead atoms. The van der Waals surface area contributed by atoms with E-state index in [-0.39, 0.29) is 5.41 Å². The maximum atomic E-state index is 5.19. The maximum absolute atomic E-state index is 5.19. The highest BCUT2D eigenvalue weighted by atomic mass is 14.9. The summed E-state index contributed by atoms with van der Waals surface area (Å²) in [6.07, 6.45) is 0. The van der Waals surface area contributed by atoms with Gasteiger partial charge in [-0.2, -0.15) is 0 Å². The van der Waals surface area contributed by atoms with Gasteiger partial charge in [-0.1, -0.05) is 123 Å². The van der Waals surface area contributed by atoms with Gasteiger partial charge in [0.1, 0.15) is 0 Å². The Kier molecular flexibility index (Phi) is 4.60. The van der Waals surface area contributed by atoms with Crippen LogP contribution in [-0.4, -0.2) is 9.97 Å². The summed E-state index contributed by atoms with van der Waals surface area (Å²) in [6, 6.07) is 43.3. The van der Waals surface area contributed by atoms with Crippen molar-refractivity contribution >= 4 is 32.4 Å². The molecular formula is C37H26N2. The summed E-state index contributed by atoms with van der Waals surface area (Å²) in [6.45, 7) is 4.68. The molecule has 0 radical (unpaired) electrons. The van der Waals surface area contributed by atoms with Crippen molar-refractivity contribution in [1.82, 2.24) is 9.97 Å². The summed E-state index contributed by atoms with van der Waals surface area (Å²) in [7, 11) is 0. The Balaban J connectivity index is 1.38. The molecule has 1 heterocycles. The van der Waals surface area contributed by atoms with Gasteiger partial charge in [-0.05, 0) is 50.5 Å². The quantitative estimate of drug-likeness (QED) is 0.222. The summed E-state index contributed by atoms with van der Waals surface area (Å²) in [4.78, 5) is 10.4. The molecular weight excluding hydrogens is 472 g/mol. The van der Waals surface area contributed by atoms with Gasteiger partial charge in [0.25, 0.3) is 0 Å². The Labute approximate surface area is 227 Å². The Morgan fingerprint density at radius 2 is 1.26 bits per heavy atom. The lowest BCUT2D eigenvalue weighted by Gasteiger charge is -2.23. The molecule has 0 aliphatic heterocycles. The van der Waals surface area contributed by atoms with Crippen molar-refractivity contribution in [1.29, 1.82) is 0 Å². The van der Waals surface area contributed by atoms with Crippen LogP contribution in [0.1, 0.15) is 25.0 Å². The van der Waals surface area contributed by atoms with E-state index in [4.69, 9.17) is 9.97 Å². The van der Waals surface area contributed by atoms with Crippen LogP contribution in [0.3, 0.4) is 0 Å². The molecule has 0 fully saturated rings. The van der Waals surface area contributed by atoms with E-state index in [2.05, 4.69) is 129 Å². The summed E-state index contributed by atoms with van der Waals surface area (Å²) in [5.74, 6) is 0.752. The smallest absolute Gasteiger partial charge is 0.160 e. The van der Waals surface area contributed by atoms with Gasteiger partial charge in [-0.15, -0.1) is 0 Å². The van der Waals surface area contributed by atoms with Crippen molar-refractivity contribution in [3.8, 4) is 33.8 Å². The lowest BCUT2D eigenvalue weighted by molar-refractivity contribution is 0.666. The van der Waals surface area contributed by atoms with E-state index in [1.54, 1.807) is 0 Å². The van der Waals surface area contributed by atoms with Gasteiger partial charge in [-0.3, -0.25) is 0 Å². The number of hydrogen-bond donors (Lipinski definition) is 0. The van der Waals surface area contributed by atoms with Gasteiger partial charge in [0.05, 0.1) is 11.2 Å². The lowest BCUT2D eigenvalue weighted by Crippen LogP contribution is -2.15. The second-order valence-electron chi connectivity index (χ2n) is 11.0. The Bertz CT molecular complexity index is 2090. The largest absolute Gasteiger partial charge is 0.227 e. The maximum Gasteiger partial charge on any atom is 0.160 e. The van der Waals surface area contributed by atoms with Gasteiger partial charge in [0, 0.05) is 27.3 Å². The average molecular weight is 499 g/mol. The van der Waals surface area contributed by atoms with Crippen molar-refractivity contribution in [3.63, 3.8) is 0 Å². The predicted molar refractivity (Wildman–Crippen MR) is 163 cm³/mol. The van der Waals surface area contributed by atoms with E-state index >= 15 is 0 Å². The molecule has 1 aliphatic rings. The summed E-state index contributed by atoms with van der Waals surface area (Å²) in [5.41, 5.74) is 9.52. The van der Waals surface area contributed by atoms with E-state index in [0.717, 1.165) is 38.9 Å². The SMILES string of the molecule is CC1(C)c2ccccc2-c2ccc3cc(-c4nc(-c5ccccc5)c5ccc6ccccc6c5n4)ccc3c21. The minimum atomic E-state index is -0.0498. The first-order valence-corrected chi connectivity index (χ1v) is 13.5. The van der Waals surface area contributed by atoms with Crippen LogP contribution in [0.4, 0.5) is 0 Å². The van der Waals surface area contributed by atoms with E-state index in [0.29, 0.717) is 0 Å². The highest BCUT2D eigenvalue weighted by molar-refractivity contribution is 6.10. The molecule has 0 atom stereocenters. The predicted octanol–water partition coefficient (Wildman–Crippen LogP) is 9.58.